The molecular formula is C22H19N5O3S. The van der Waals surface area contributed by atoms with Gasteiger partial charge in [0.15, 0.2) is 10.8 Å². The Bertz CT molecular complexity index is 1340. The zero-order valence-electron chi connectivity index (χ0n) is 16.9. The standard InChI is InChI=1S/C22H19N5O3S/c1-3-27-21(30)17-7-5-4-6-16(17)19(26-27)20(29)25-22-24-18(12-31-22)14-8-10-15(11-9-14)23-13(2)28/h4-12H,3H2,1-2H3,(H,23,28)(H,24,25,29). The van der Waals surface area contributed by atoms with Gasteiger partial charge in [0.25, 0.3) is 11.5 Å². The Kier molecular flexibility index (Phi) is 5.59. The van der Waals surface area contributed by atoms with Crippen molar-refractivity contribution in [3.8, 4) is 11.3 Å². The van der Waals surface area contributed by atoms with Crippen LogP contribution in [-0.4, -0.2) is 26.6 Å². The first kappa shape index (κ1) is 20.4. The van der Waals surface area contributed by atoms with E-state index in [2.05, 4.69) is 20.7 Å². The maximum Gasteiger partial charge on any atom is 0.278 e. The highest BCUT2D eigenvalue weighted by Gasteiger charge is 2.17. The van der Waals surface area contributed by atoms with Crippen molar-refractivity contribution >= 4 is 44.7 Å². The topological polar surface area (TPSA) is 106 Å². The molecule has 0 atom stereocenters. The smallest absolute Gasteiger partial charge is 0.278 e. The SMILES string of the molecule is CCn1nc(C(=O)Nc2nc(-c3ccc(NC(C)=O)cc3)cs2)c2ccccc2c1=O. The van der Waals surface area contributed by atoms with E-state index in [4.69, 9.17) is 0 Å². The van der Waals surface area contributed by atoms with Gasteiger partial charge in [-0.3, -0.25) is 19.7 Å². The molecule has 0 unspecified atom stereocenters. The number of nitrogens with one attached hydrogen (secondary N) is 2. The van der Waals surface area contributed by atoms with Crippen molar-refractivity contribution in [3.63, 3.8) is 0 Å². The minimum absolute atomic E-state index is 0.137. The lowest BCUT2D eigenvalue weighted by Crippen LogP contribution is -2.27. The number of nitrogens with zero attached hydrogens (tertiary/aromatic N) is 3. The van der Waals surface area contributed by atoms with Crippen LogP contribution in [0.2, 0.25) is 0 Å². The van der Waals surface area contributed by atoms with Gasteiger partial charge in [-0.15, -0.1) is 11.3 Å². The van der Waals surface area contributed by atoms with Crippen LogP contribution in [0.1, 0.15) is 24.3 Å². The number of benzene rings is 2. The predicted octanol–water partition coefficient (Wildman–Crippen LogP) is 3.75. The van der Waals surface area contributed by atoms with Gasteiger partial charge in [0, 0.05) is 35.5 Å². The molecule has 4 rings (SSSR count). The molecule has 0 bridgehead atoms. The molecule has 156 valence electrons. The number of fused-ring (bicyclic) bond motifs is 1. The average molecular weight is 433 g/mol. The van der Waals surface area contributed by atoms with Crippen LogP contribution in [0.5, 0.6) is 0 Å². The Balaban J connectivity index is 1.59. The van der Waals surface area contributed by atoms with Crippen LogP contribution in [0.3, 0.4) is 0 Å². The number of anilines is 2. The van der Waals surface area contributed by atoms with E-state index in [-0.39, 0.29) is 17.2 Å². The summed E-state index contributed by atoms with van der Waals surface area (Å²) in [5.41, 5.74) is 2.20. The second-order valence-corrected chi connectivity index (χ2v) is 7.62. The highest BCUT2D eigenvalue weighted by atomic mass is 32.1. The van der Waals surface area contributed by atoms with Crippen LogP contribution in [0.4, 0.5) is 10.8 Å². The van der Waals surface area contributed by atoms with Gasteiger partial charge in [-0.2, -0.15) is 5.10 Å². The summed E-state index contributed by atoms with van der Waals surface area (Å²) in [6, 6.07) is 14.2. The van der Waals surface area contributed by atoms with Gasteiger partial charge in [-0.05, 0) is 25.1 Å². The number of hydrogen-bond donors (Lipinski definition) is 2. The number of rotatable bonds is 5. The third kappa shape index (κ3) is 4.22. The molecule has 0 spiro atoms. The molecule has 0 fully saturated rings. The van der Waals surface area contributed by atoms with Crippen molar-refractivity contribution in [3.05, 3.63) is 70.0 Å². The summed E-state index contributed by atoms with van der Waals surface area (Å²) in [6.45, 7) is 3.61. The van der Waals surface area contributed by atoms with Crippen molar-refractivity contribution in [2.24, 2.45) is 0 Å². The molecule has 31 heavy (non-hydrogen) atoms. The molecule has 2 aromatic carbocycles. The molecular weight excluding hydrogens is 414 g/mol. The molecule has 2 N–H and O–H groups in total. The molecule has 0 aliphatic rings. The highest BCUT2D eigenvalue weighted by molar-refractivity contribution is 7.14. The Morgan fingerprint density at radius 3 is 2.42 bits per heavy atom. The van der Waals surface area contributed by atoms with Gasteiger partial charge < -0.3 is 5.32 Å². The van der Waals surface area contributed by atoms with Crippen LogP contribution in [-0.2, 0) is 11.3 Å². The van der Waals surface area contributed by atoms with E-state index in [1.807, 2.05) is 17.5 Å². The van der Waals surface area contributed by atoms with Gasteiger partial charge in [-0.1, -0.05) is 30.3 Å². The number of hydrogen-bond acceptors (Lipinski definition) is 6. The summed E-state index contributed by atoms with van der Waals surface area (Å²) in [4.78, 5) is 41.0. The van der Waals surface area contributed by atoms with E-state index >= 15 is 0 Å². The summed E-state index contributed by atoms with van der Waals surface area (Å²) in [5.74, 6) is -0.567. The van der Waals surface area contributed by atoms with Crippen LogP contribution in [0.25, 0.3) is 22.0 Å². The number of aryl methyl sites for hydroxylation is 1. The van der Waals surface area contributed by atoms with Crippen LogP contribution >= 0.6 is 11.3 Å². The highest BCUT2D eigenvalue weighted by Crippen LogP contribution is 2.26. The zero-order chi connectivity index (χ0) is 22.0. The maximum atomic E-state index is 12.9. The molecule has 9 heteroatoms. The van der Waals surface area contributed by atoms with Crippen molar-refractivity contribution in [1.82, 2.24) is 14.8 Å². The second-order valence-electron chi connectivity index (χ2n) is 6.77. The van der Waals surface area contributed by atoms with Crippen LogP contribution < -0.4 is 16.2 Å². The normalized spacial score (nSPS) is 10.8. The number of carbonyl (C=O) groups excluding carboxylic acids is 2. The van der Waals surface area contributed by atoms with E-state index < -0.39 is 5.91 Å². The fraction of sp³-hybridized carbons (Fsp3) is 0.136. The van der Waals surface area contributed by atoms with Gasteiger partial charge in [0.2, 0.25) is 5.91 Å². The lowest BCUT2D eigenvalue weighted by molar-refractivity contribution is -0.114. The predicted molar refractivity (Wildman–Crippen MR) is 121 cm³/mol. The van der Waals surface area contributed by atoms with E-state index in [1.54, 1.807) is 43.3 Å². The first-order chi connectivity index (χ1) is 15.0. The Morgan fingerprint density at radius 2 is 1.74 bits per heavy atom. The van der Waals surface area contributed by atoms with E-state index in [0.717, 1.165) is 5.56 Å². The number of carbonyl (C=O) groups is 2. The van der Waals surface area contributed by atoms with E-state index in [1.165, 1.54) is 22.9 Å². The quantitative estimate of drug-likeness (QED) is 0.499. The van der Waals surface area contributed by atoms with Gasteiger partial charge in [0.05, 0.1) is 11.1 Å². The van der Waals surface area contributed by atoms with Gasteiger partial charge >= 0.3 is 0 Å². The molecule has 8 nitrogen and oxygen atoms in total. The van der Waals surface area contributed by atoms with E-state index in [0.29, 0.717) is 33.8 Å². The fourth-order valence-electron chi connectivity index (χ4n) is 3.16. The molecule has 0 saturated heterocycles. The average Bonchev–Trinajstić information content (AvgIpc) is 3.22. The Morgan fingerprint density at radius 1 is 1.03 bits per heavy atom. The van der Waals surface area contributed by atoms with Crippen molar-refractivity contribution in [2.45, 2.75) is 20.4 Å². The number of aromatic nitrogens is 3. The largest absolute Gasteiger partial charge is 0.326 e. The third-order valence-corrected chi connectivity index (χ3v) is 5.37. The maximum absolute atomic E-state index is 12.9. The number of thiazole rings is 1. The van der Waals surface area contributed by atoms with Crippen LogP contribution in [0, 0.1) is 0 Å². The molecule has 2 amide bonds. The lowest BCUT2D eigenvalue weighted by Gasteiger charge is -2.09. The number of amides is 2. The summed E-state index contributed by atoms with van der Waals surface area (Å²) < 4.78 is 1.28. The summed E-state index contributed by atoms with van der Waals surface area (Å²) in [7, 11) is 0. The summed E-state index contributed by atoms with van der Waals surface area (Å²) in [5, 5.41) is 13.0. The molecule has 2 aromatic heterocycles. The van der Waals surface area contributed by atoms with Gasteiger partial charge in [0.1, 0.15) is 0 Å². The summed E-state index contributed by atoms with van der Waals surface area (Å²) >= 11 is 1.29. The van der Waals surface area contributed by atoms with Crippen molar-refractivity contribution < 1.29 is 9.59 Å². The monoisotopic (exact) mass is 433 g/mol. The van der Waals surface area contributed by atoms with Crippen molar-refractivity contribution in [2.75, 3.05) is 10.6 Å². The Labute approximate surface area is 181 Å². The molecule has 0 saturated carbocycles. The third-order valence-electron chi connectivity index (χ3n) is 4.61. The van der Waals surface area contributed by atoms with Crippen molar-refractivity contribution in [1.29, 1.82) is 0 Å². The summed E-state index contributed by atoms with van der Waals surface area (Å²) in [6.07, 6.45) is 0. The lowest BCUT2D eigenvalue weighted by atomic mass is 10.1. The van der Waals surface area contributed by atoms with Gasteiger partial charge in [-0.25, -0.2) is 9.67 Å². The Hall–Kier alpha value is -3.85. The molecule has 2 heterocycles. The molecule has 0 aliphatic carbocycles. The fourth-order valence-corrected chi connectivity index (χ4v) is 3.88. The molecule has 0 aliphatic heterocycles. The van der Waals surface area contributed by atoms with Crippen LogP contribution in [0.15, 0.2) is 58.7 Å². The first-order valence-electron chi connectivity index (χ1n) is 9.61. The molecule has 0 radical (unpaired) electrons. The second kappa shape index (κ2) is 8.49. The minimum atomic E-state index is -0.430. The zero-order valence-corrected chi connectivity index (χ0v) is 17.7. The molecule has 4 aromatic rings. The minimum Gasteiger partial charge on any atom is -0.326 e. The van der Waals surface area contributed by atoms with E-state index in [9.17, 15) is 14.4 Å². The first-order valence-corrected chi connectivity index (χ1v) is 10.5.